The summed E-state index contributed by atoms with van der Waals surface area (Å²) >= 11 is 0. The van der Waals surface area contributed by atoms with Crippen LogP contribution in [0.5, 0.6) is 0 Å². The monoisotopic (exact) mass is 350 g/mol. The third kappa shape index (κ3) is 3.20. The highest BCUT2D eigenvalue weighted by molar-refractivity contribution is 5.53. The third-order valence-corrected chi connectivity index (χ3v) is 5.00. The first kappa shape index (κ1) is 16.7. The van der Waals surface area contributed by atoms with E-state index in [0.717, 1.165) is 62.0 Å². The number of pyridine rings is 1. The molecule has 7 heteroatoms. The Balaban J connectivity index is 1.58. The minimum Gasteiger partial charge on any atom is -0.375 e. The topological polar surface area (TPSA) is 78.2 Å². The lowest BCUT2D eigenvalue weighted by Gasteiger charge is -2.34. The molecule has 0 saturated carbocycles. The number of fused-ring (bicyclic) bond motifs is 1. The van der Waals surface area contributed by atoms with Crippen LogP contribution in [0, 0.1) is 18.3 Å². The number of aryl methyl sites for hydroxylation is 1. The van der Waals surface area contributed by atoms with Crippen molar-refractivity contribution in [1.29, 1.82) is 5.26 Å². The lowest BCUT2D eigenvalue weighted by Crippen LogP contribution is -2.41. The maximum absolute atomic E-state index is 8.98. The minimum atomic E-state index is 0.243. The van der Waals surface area contributed by atoms with Gasteiger partial charge in [0.2, 0.25) is 0 Å². The van der Waals surface area contributed by atoms with Crippen LogP contribution in [0.4, 0.5) is 11.5 Å². The SMILES string of the molecule is Cc1cc(C#N)nnc1N1CCc2ncc(N3CCO[C@H](C)C3)cc2C1. The molecule has 1 saturated heterocycles. The fourth-order valence-corrected chi connectivity index (χ4v) is 3.67. The summed E-state index contributed by atoms with van der Waals surface area (Å²) < 4.78 is 5.64. The Morgan fingerprint density at radius 2 is 2.12 bits per heavy atom. The quantitative estimate of drug-likeness (QED) is 0.818. The summed E-state index contributed by atoms with van der Waals surface area (Å²) in [6.07, 6.45) is 3.11. The molecule has 0 unspecified atom stereocenters. The number of aromatic nitrogens is 3. The van der Waals surface area contributed by atoms with Gasteiger partial charge >= 0.3 is 0 Å². The second kappa shape index (κ2) is 6.89. The molecule has 2 aromatic heterocycles. The van der Waals surface area contributed by atoms with Gasteiger partial charge in [-0.25, -0.2) is 0 Å². The standard InChI is InChI=1S/C19H22N6O/c1-13-7-16(9-20)22-23-19(13)25-4-3-18-15(12-25)8-17(10-21-18)24-5-6-26-14(2)11-24/h7-8,10,14H,3-6,11-12H2,1-2H3/t14-/m1/s1. The van der Waals surface area contributed by atoms with Gasteiger partial charge in [-0.1, -0.05) is 0 Å². The molecule has 134 valence electrons. The van der Waals surface area contributed by atoms with E-state index in [1.165, 1.54) is 5.56 Å². The number of nitrogens with zero attached hydrogens (tertiary/aromatic N) is 6. The Morgan fingerprint density at radius 1 is 1.23 bits per heavy atom. The molecule has 2 aliphatic heterocycles. The van der Waals surface area contributed by atoms with Crippen LogP contribution in [0.1, 0.15) is 29.4 Å². The normalized spacial score (nSPS) is 19.8. The zero-order valence-corrected chi connectivity index (χ0v) is 15.1. The molecular weight excluding hydrogens is 328 g/mol. The minimum absolute atomic E-state index is 0.243. The van der Waals surface area contributed by atoms with E-state index in [1.807, 2.05) is 19.2 Å². The first-order valence-electron chi connectivity index (χ1n) is 8.98. The van der Waals surface area contributed by atoms with Crippen LogP contribution in [0.3, 0.4) is 0 Å². The Bertz CT molecular complexity index is 862. The average molecular weight is 350 g/mol. The zero-order valence-electron chi connectivity index (χ0n) is 15.1. The lowest BCUT2D eigenvalue weighted by molar-refractivity contribution is 0.0532. The fourth-order valence-electron chi connectivity index (χ4n) is 3.67. The van der Waals surface area contributed by atoms with Gasteiger partial charge in [0.15, 0.2) is 11.5 Å². The number of morpholine rings is 1. The van der Waals surface area contributed by atoms with Crippen molar-refractivity contribution in [3.05, 3.63) is 40.8 Å². The van der Waals surface area contributed by atoms with Gasteiger partial charge in [0.05, 0.1) is 24.6 Å². The van der Waals surface area contributed by atoms with Gasteiger partial charge in [-0.2, -0.15) is 5.26 Å². The Kier molecular flexibility index (Phi) is 4.43. The third-order valence-electron chi connectivity index (χ3n) is 5.00. The van der Waals surface area contributed by atoms with E-state index in [0.29, 0.717) is 5.69 Å². The first-order valence-corrected chi connectivity index (χ1v) is 8.98. The summed E-state index contributed by atoms with van der Waals surface area (Å²) in [5.41, 5.74) is 4.88. The smallest absolute Gasteiger partial charge is 0.163 e. The van der Waals surface area contributed by atoms with Crippen molar-refractivity contribution >= 4 is 11.5 Å². The van der Waals surface area contributed by atoms with Crippen molar-refractivity contribution in [2.24, 2.45) is 0 Å². The van der Waals surface area contributed by atoms with Crippen LogP contribution in [-0.2, 0) is 17.7 Å². The van der Waals surface area contributed by atoms with Crippen molar-refractivity contribution < 1.29 is 4.74 Å². The molecule has 1 atom stereocenters. The molecule has 2 aliphatic rings. The van der Waals surface area contributed by atoms with E-state index >= 15 is 0 Å². The van der Waals surface area contributed by atoms with E-state index in [2.05, 4.69) is 33.0 Å². The molecule has 26 heavy (non-hydrogen) atoms. The van der Waals surface area contributed by atoms with Crippen molar-refractivity contribution in [2.75, 3.05) is 36.0 Å². The number of hydrogen-bond acceptors (Lipinski definition) is 7. The first-order chi connectivity index (χ1) is 12.6. The summed E-state index contributed by atoms with van der Waals surface area (Å²) in [7, 11) is 0. The molecule has 4 heterocycles. The molecule has 0 aliphatic carbocycles. The van der Waals surface area contributed by atoms with Gasteiger partial charge < -0.3 is 14.5 Å². The molecule has 2 aromatic rings. The van der Waals surface area contributed by atoms with Crippen LogP contribution in [-0.4, -0.2) is 47.5 Å². The molecule has 7 nitrogen and oxygen atoms in total. The molecule has 0 radical (unpaired) electrons. The summed E-state index contributed by atoms with van der Waals surface area (Å²) in [6, 6.07) is 6.09. The average Bonchev–Trinajstić information content (AvgIpc) is 2.67. The summed E-state index contributed by atoms with van der Waals surface area (Å²) in [5.74, 6) is 0.847. The maximum Gasteiger partial charge on any atom is 0.163 e. The number of nitriles is 1. The summed E-state index contributed by atoms with van der Waals surface area (Å²) in [6.45, 7) is 8.24. The summed E-state index contributed by atoms with van der Waals surface area (Å²) in [4.78, 5) is 9.27. The van der Waals surface area contributed by atoms with E-state index in [4.69, 9.17) is 15.0 Å². The van der Waals surface area contributed by atoms with E-state index in [-0.39, 0.29) is 6.10 Å². The molecule has 1 fully saturated rings. The molecule has 4 rings (SSSR count). The summed E-state index contributed by atoms with van der Waals surface area (Å²) in [5, 5.41) is 17.3. The predicted molar refractivity (Wildman–Crippen MR) is 98.1 cm³/mol. The largest absolute Gasteiger partial charge is 0.375 e. The van der Waals surface area contributed by atoms with Gasteiger partial charge in [0, 0.05) is 38.3 Å². The Labute approximate surface area is 153 Å². The molecule has 0 spiro atoms. The zero-order chi connectivity index (χ0) is 18.1. The fraction of sp³-hybridized carbons (Fsp3) is 0.474. The molecular formula is C19H22N6O. The molecule has 0 N–H and O–H groups in total. The van der Waals surface area contributed by atoms with Crippen molar-refractivity contribution in [3.63, 3.8) is 0 Å². The van der Waals surface area contributed by atoms with Crippen LogP contribution in [0.15, 0.2) is 18.3 Å². The number of rotatable bonds is 2. The molecule has 0 amide bonds. The van der Waals surface area contributed by atoms with Crippen LogP contribution < -0.4 is 9.80 Å². The van der Waals surface area contributed by atoms with Crippen molar-refractivity contribution in [1.82, 2.24) is 15.2 Å². The second-order valence-electron chi connectivity index (χ2n) is 6.95. The van der Waals surface area contributed by atoms with Gasteiger partial charge in [0.25, 0.3) is 0 Å². The second-order valence-corrected chi connectivity index (χ2v) is 6.95. The Hall–Kier alpha value is -2.72. The number of hydrogen-bond donors (Lipinski definition) is 0. The predicted octanol–water partition coefficient (Wildman–Crippen LogP) is 1.84. The lowest BCUT2D eigenvalue weighted by atomic mass is 10.0. The van der Waals surface area contributed by atoms with Crippen LogP contribution in [0.25, 0.3) is 0 Å². The Morgan fingerprint density at radius 3 is 2.88 bits per heavy atom. The van der Waals surface area contributed by atoms with Gasteiger partial charge in [0.1, 0.15) is 6.07 Å². The molecule has 0 bridgehead atoms. The highest BCUT2D eigenvalue weighted by atomic mass is 16.5. The number of ether oxygens (including phenoxy) is 1. The van der Waals surface area contributed by atoms with Gasteiger partial charge in [-0.15, -0.1) is 10.2 Å². The highest BCUT2D eigenvalue weighted by Gasteiger charge is 2.23. The molecule has 0 aromatic carbocycles. The van der Waals surface area contributed by atoms with E-state index < -0.39 is 0 Å². The van der Waals surface area contributed by atoms with Crippen LogP contribution in [0.2, 0.25) is 0 Å². The van der Waals surface area contributed by atoms with E-state index in [9.17, 15) is 0 Å². The van der Waals surface area contributed by atoms with Gasteiger partial charge in [-0.05, 0) is 37.1 Å². The van der Waals surface area contributed by atoms with Crippen LogP contribution >= 0.6 is 0 Å². The van der Waals surface area contributed by atoms with E-state index in [1.54, 1.807) is 6.07 Å². The van der Waals surface area contributed by atoms with Crippen molar-refractivity contribution in [3.8, 4) is 6.07 Å². The van der Waals surface area contributed by atoms with Crippen molar-refractivity contribution in [2.45, 2.75) is 32.9 Å². The van der Waals surface area contributed by atoms with Gasteiger partial charge in [-0.3, -0.25) is 4.98 Å². The highest BCUT2D eigenvalue weighted by Crippen LogP contribution is 2.27. The number of anilines is 2. The maximum atomic E-state index is 8.98.